The third-order valence-corrected chi connectivity index (χ3v) is 1.91. The fraction of sp³-hybridized carbons (Fsp3) is 0.250. The Morgan fingerprint density at radius 1 is 1.36 bits per heavy atom. The van der Waals surface area contributed by atoms with Crippen LogP contribution in [0.1, 0.15) is 11.4 Å². The molecule has 11 heavy (non-hydrogen) atoms. The van der Waals surface area contributed by atoms with Crippen molar-refractivity contribution in [1.29, 1.82) is 0 Å². The highest BCUT2D eigenvalue weighted by Crippen LogP contribution is 2.07. The van der Waals surface area contributed by atoms with E-state index in [0.717, 1.165) is 17.0 Å². The molecule has 0 aliphatic heterocycles. The van der Waals surface area contributed by atoms with Gasteiger partial charge in [0, 0.05) is 11.9 Å². The molecular weight excluding hydrogens is 138 g/mol. The second-order valence-electron chi connectivity index (χ2n) is 2.59. The molecule has 0 aliphatic carbocycles. The summed E-state index contributed by atoms with van der Waals surface area (Å²) < 4.78 is 1.98. The lowest BCUT2D eigenvalue weighted by Crippen LogP contribution is -1.87. The highest BCUT2D eigenvalue weighted by atomic mass is 15.0. The molecule has 0 aromatic carbocycles. The van der Waals surface area contributed by atoms with Gasteiger partial charge in [0.1, 0.15) is 12.0 Å². The first-order chi connectivity index (χ1) is 5.29. The minimum atomic E-state index is 0.968. The van der Waals surface area contributed by atoms with Gasteiger partial charge in [0.15, 0.2) is 0 Å². The number of imidazole rings is 1. The number of nitrogens with zero attached hydrogens (tertiary/aromatic N) is 3. The predicted molar refractivity (Wildman–Crippen MR) is 42.5 cm³/mol. The molecule has 0 spiro atoms. The summed E-state index contributed by atoms with van der Waals surface area (Å²) in [5, 5.41) is 0. The molecule has 2 heterocycles. The summed E-state index contributed by atoms with van der Waals surface area (Å²) in [5.74, 6) is 0. The van der Waals surface area contributed by atoms with Gasteiger partial charge < -0.3 is 0 Å². The van der Waals surface area contributed by atoms with E-state index in [1.165, 1.54) is 0 Å². The molecule has 2 aromatic heterocycles. The third-order valence-electron chi connectivity index (χ3n) is 1.91. The van der Waals surface area contributed by atoms with Gasteiger partial charge in [-0.3, -0.25) is 4.40 Å². The van der Waals surface area contributed by atoms with Gasteiger partial charge in [-0.15, -0.1) is 0 Å². The topological polar surface area (TPSA) is 30.2 Å². The van der Waals surface area contributed by atoms with E-state index in [1.54, 1.807) is 12.5 Å². The van der Waals surface area contributed by atoms with Crippen LogP contribution >= 0.6 is 0 Å². The maximum Gasteiger partial charge on any atom is 0.139 e. The molecule has 0 amide bonds. The lowest BCUT2D eigenvalue weighted by Gasteiger charge is -1.91. The van der Waals surface area contributed by atoms with Crippen molar-refractivity contribution < 1.29 is 0 Å². The molecule has 0 unspecified atom stereocenters. The van der Waals surface area contributed by atoms with Crippen molar-refractivity contribution in [2.75, 3.05) is 0 Å². The smallest absolute Gasteiger partial charge is 0.139 e. The Hall–Kier alpha value is -1.38. The maximum atomic E-state index is 4.34. The predicted octanol–water partition coefficient (Wildman–Crippen LogP) is 1.35. The van der Waals surface area contributed by atoms with Gasteiger partial charge in [0.2, 0.25) is 0 Å². The zero-order chi connectivity index (χ0) is 7.84. The molecule has 2 aromatic rings. The number of rotatable bonds is 0. The van der Waals surface area contributed by atoms with E-state index in [1.807, 2.05) is 24.3 Å². The zero-order valence-corrected chi connectivity index (χ0v) is 6.57. The van der Waals surface area contributed by atoms with Gasteiger partial charge in [-0.05, 0) is 19.9 Å². The normalized spacial score (nSPS) is 10.7. The van der Waals surface area contributed by atoms with Crippen LogP contribution < -0.4 is 0 Å². The second kappa shape index (κ2) is 2.05. The van der Waals surface area contributed by atoms with Crippen LogP contribution in [0.3, 0.4) is 0 Å². The molecule has 0 aliphatic rings. The van der Waals surface area contributed by atoms with Crippen molar-refractivity contribution in [3.05, 3.63) is 30.0 Å². The van der Waals surface area contributed by atoms with E-state index >= 15 is 0 Å². The Morgan fingerprint density at radius 2 is 2.18 bits per heavy atom. The Labute approximate surface area is 64.7 Å². The largest absolute Gasteiger partial charge is 0.287 e. The highest BCUT2D eigenvalue weighted by Gasteiger charge is 2.01. The Bertz CT molecular complexity index is 389. The minimum Gasteiger partial charge on any atom is -0.287 e. The number of hydrogen-bond donors (Lipinski definition) is 0. The van der Waals surface area contributed by atoms with E-state index in [0.29, 0.717) is 0 Å². The molecular formula is C8H9N3. The van der Waals surface area contributed by atoms with Crippen molar-refractivity contribution in [1.82, 2.24) is 14.4 Å². The molecule has 3 heteroatoms. The van der Waals surface area contributed by atoms with Crippen LogP contribution in [0.15, 0.2) is 18.6 Å². The van der Waals surface area contributed by atoms with Gasteiger partial charge in [0.25, 0.3) is 0 Å². The number of aryl methyl sites for hydroxylation is 2. The summed E-state index contributed by atoms with van der Waals surface area (Å²) in [6, 6.07) is 1.90. The standard InChI is InChI=1S/C8H9N3/c1-6-7(2)11-5-9-4-3-8(11)10-6/h3-5H,1-2H3. The first-order valence-corrected chi connectivity index (χ1v) is 3.54. The zero-order valence-electron chi connectivity index (χ0n) is 6.57. The molecule has 56 valence electrons. The molecule has 2 rings (SSSR count). The molecule has 0 saturated carbocycles. The molecule has 0 saturated heterocycles. The van der Waals surface area contributed by atoms with E-state index in [2.05, 4.69) is 9.97 Å². The Morgan fingerprint density at radius 3 is 2.91 bits per heavy atom. The summed E-state index contributed by atoms with van der Waals surface area (Å²) in [6.45, 7) is 4.04. The van der Waals surface area contributed by atoms with Crippen molar-refractivity contribution in [2.45, 2.75) is 13.8 Å². The fourth-order valence-corrected chi connectivity index (χ4v) is 1.13. The van der Waals surface area contributed by atoms with E-state index in [9.17, 15) is 0 Å². The SMILES string of the molecule is Cc1nc2ccncn2c1C. The highest BCUT2D eigenvalue weighted by molar-refractivity contribution is 5.40. The quantitative estimate of drug-likeness (QED) is 0.563. The maximum absolute atomic E-state index is 4.34. The van der Waals surface area contributed by atoms with Crippen molar-refractivity contribution in [2.24, 2.45) is 0 Å². The van der Waals surface area contributed by atoms with Crippen molar-refractivity contribution in [3.63, 3.8) is 0 Å². The van der Waals surface area contributed by atoms with Crippen LogP contribution in [0.25, 0.3) is 5.65 Å². The Kier molecular flexibility index (Phi) is 1.18. The second-order valence-corrected chi connectivity index (χ2v) is 2.59. The lowest BCUT2D eigenvalue weighted by atomic mass is 10.4. The number of hydrogen-bond acceptors (Lipinski definition) is 2. The fourth-order valence-electron chi connectivity index (χ4n) is 1.13. The first kappa shape index (κ1) is 6.34. The van der Waals surface area contributed by atoms with Crippen molar-refractivity contribution in [3.8, 4) is 0 Å². The van der Waals surface area contributed by atoms with Gasteiger partial charge in [0.05, 0.1) is 5.69 Å². The van der Waals surface area contributed by atoms with Gasteiger partial charge in [-0.1, -0.05) is 0 Å². The number of fused-ring (bicyclic) bond motifs is 1. The average molecular weight is 147 g/mol. The van der Waals surface area contributed by atoms with Gasteiger partial charge in [-0.2, -0.15) is 0 Å². The van der Waals surface area contributed by atoms with E-state index < -0.39 is 0 Å². The molecule has 0 N–H and O–H groups in total. The van der Waals surface area contributed by atoms with Crippen LogP contribution in [-0.2, 0) is 0 Å². The van der Waals surface area contributed by atoms with E-state index in [-0.39, 0.29) is 0 Å². The average Bonchev–Trinajstić information content (AvgIpc) is 2.30. The summed E-state index contributed by atoms with van der Waals surface area (Å²) in [4.78, 5) is 8.35. The third kappa shape index (κ3) is 0.808. The minimum absolute atomic E-state index is 0.968. The monoisotopic (exact) mass is 147 g/mol. The first-order valence-electron chi connectivity index (χ1n) is 3.54. The summed E-state index contributed by atoms with van der Waals surface area (Å²) >= 11 is 0. The summed E-state index contributed by atoms with van der Waals surface area (Å²) in [7, 11) is 0. The molecule has 3 nitrogen and oxygen atoms in total. The van der Waals surface area contributed by atoms with Crippen LogP contribution in [0, 0.1) is 13.8 Å². The van der Waals surface area contributed by atoms with E-state index in [4.69, 9.17) is 0 Å². The Balaban J connectivity index is 2.92. The van der Waals surface area contributed by atoms with Gasteiger partial charge in [-0.25, -0.2) is 9.97 Å². The summed E-state index contributed by atoms with van der Waals surface area (Å²) in [5.41, 5.74) is 3.20. The molecule has 0 bridgehead atoms. The van der Waals surface area contributed by atoms with Gasteiger partial charge >= 0.3 is 0 Å². The molecule has 0 radical (unpaired) electrons. The van der Waals surface area contributed by atoms with Crippen LogP contribution in [0.2, 0.25) is 0 Å². The lowest BCUT2D eigenvalue weighted by molar-refractivity contribution is 1.03. The summed E-state index contributed by atoms with van der Waals surface area (Å²) in [6.07, 6.45) is 3.53. The van der Waals surface area contributed by atoms with Crippen LogP contribution in [0.4, 0.5) is 0 Å². The van der Waals surface area contributed by atoms with Crippen LogP contribution in [-0.4, -0.2) is 14.4 Å². The number of aromatic nitrogens is 3. The van der Waals surface area contributed by atoms with Crippen molar-refractivity contribution >= 4 is 5.65 Å². The van der Waals surface area contributed by atoms with Crippen LogP contribution in [0.5, 0.6) is 0 Å². The molecule has 0 atom stereocenters. The molecule has 0 fully saturated rings.